The molecule has 0 saturated heterocycles. The largest absolute Gasteiger partial charge is 0.504 e. The predicted molar refractivity (Wildman–Crippen MR) is 105 cm³/mol. The van der Waals surface area contributed by atoms with E-state index in [-0.39, 0.29) is 16.9 Å². The Kier molecular flexibility index (Phi) is 5.75. The monoisotopic (exact) mass is 387 g/mol. The number of amides is 1. The van der Waals surface area contributed by atoms with Crippen molar-refractivity contribution in [3.8, 4) is 11.5 Å². The molecular formula is C18H17N3O3S2. The van der Waals surface area contributed by atoms with Gasteiger partial charge >= 0.3 is 0 Å². The van der Waals surface area contributed by atoms with Gasteiger partial charge < -0.3 is 9.84 Å². The first-order valence-electron chi connectivity index (χ1n) is 7.79. The van der Waals surface area contributed by atoms with E-state index < -0.39 is 0 Å². The fourth-order valence-corrected chi connectivity index (χ4v) is 4.35. The average molecular weight is 387 g/mol. The van der Waals surface area contributed by atoms with Gasteiger partial charge in [-0.1, -0.05) is 23.9 Å². The second-order valence-corrected chi connectivity index (χ2v) is 7.99. The first kappa shape index (κ1) is 18.2. The SMILES string of the molecule is COc1cc(/C=N/NC(=O)C(C)Sc2nc3ccccc3s2)ccc1O. The summed E-state index contributed by atoms with van der Waals surface area (Å²) < 4.78 is 6.98. The number of thioether (sulfide) groups is 1. The van der Waals surface area contributed by atoms with Crippen LogP contribution >= 0.6 is 23.1 Å². The van der Waals surface area contributed by atoms with Crippen molar-refractivity contribution in [1.29, 1.82) is 0 Å². The van der Waals surface area contributed by atoms with E-state index in [0.29, 0.717) is 11.3 Å². The topological polar surface area (TPSA) is 83.8 Å². The number of para-hydroxylation sites is 1. The molecule has 0 spiro atoms. The summed E-state index contributed by atoms with van der Waals surface area (Å²) in [5.74, 6) is 0.186. The molecule has 0 aliphatic carbocycles. The smallest absolute Gasteiger partial charge is 0.253 e. The number of thiazole rings is 1. The fraction of sp³-hybridized carbons (Fsp3) is 0.167. The number of phenols is 1. The maximum absolute atomic E-state index is 12.2. The summed E-state index contributed by atoms with van der Waals surface area (Å²) in [7, 11) is 1.47. The van der Waals surface area contributed by atoms with Crippen molar-refractivity contribution in [2.45, 2.75) is 16.5 Å². The summed E-state index contributed by atoms with van der Waals surface area (Å²) >= 11 is 2.97. The molecule has 1 atom stereocenters. The third-order valence-corrected chi connectivity index (χ3v) is 5.74. The normalized spacial score (nSPS) is 12.4. The number of hydrogen-bond acceptors (Lipinski definition) is 7. The number of methoxy groups -OCH3 is 1. The molecule has 134 valence electrons. The molecule has 0 fully saturated rings. The van der Waals surface area contributed by atoms with Crippen LogP contribution in [0.5, 0.6) is 11.5 Å². The van der Waals surface area contributed by atoms with Gasteiger partial charge in [0.15, 0.2) is 15.8 Å². The van der Waals surface area contributed by atoms with Crippen LogP contribution in [0.4, 0.5) is 0 Å². The van der Waals surface area contributed by atoms with Crippen molar-refractivity contribution in [3.63, 3.8) is 0 Å². The van der Waals surface area contributed by atoms with E-state index in [1.54, 1.807) is 23.5 Å². The Morgan fingerprint density at radius 3 is 2.96 bits per heavy atom. The fourth-order valence-electron chi connectivity index (χ4n) is 2.14. The van der Waals surface area contributed by atoms with E-state index in [1.165, 1.54) is 31.2 Å². The van der Waals surface area contributed by atoms with E-state index in [1.807, 2.05) is 31.2 Å². The number of fused-ring (bicyclic) bond motifs is 1. The highest BCUT2D eigenvalue weighted by Gasteiger charge is 2.16. The predicted octanol–water partition coefficient (Wildman–Crippen LogP) is 3.64. The van der Waals surface area contributed by atoms with Crippen LogP contribution in [-0.4, -0.2) is 34.6 Å². The van der Waals surface area contributed by atoms with Gasteiger partial charge in [0.1, 0.15) is 0 Å². The lowest BCUT2D eigenvalue weighted by molar-refractivity contribution is -0.120. The van der Waals surface area contributed by atoms with Gasteiger partial charge in [0.25, 0.3) is 5.91 Å². The second kappa shape index (κ2) is 8.20. The minimum absolute atomic E-state index is 0.0505. The second-order valence-electron chi connectivity index (χ2n) is 5.37. The van der Waals surface area contributed by atoms with Crippen molar-refractivity contribution in [2.24, 2.45) is 5.10 Å². The maximum Gasteiger partial charge on any atom is 0.253 e. The number of benzene rings is 2. The Hall–Kier alpha value is -2.58. The van der Waals surface area contributed by atoms with Crippen LogP contribution in [0.25, 0.3) is 10.2 Å². The highest BCUT2D eigenvalue weighted by molar-refractivity contribution is 8.02. The number of carbonyl (C=O) groups is 1. The lowest BCUT2D eigenvalue weighted by Gasteiger charge is -2.07. The summed E-state index contributed by atoms with van der Waals surface area (Å²) in [5, 5.41) is 13.2. The average Bonchev–Trinajstić information content (AvgIpc) is 3.05. The number of ether oxygens (including phenoxy) is 1. The molecule has 1 unspecified atom stereocenters. The Labute approximate surface area is 158 Å². The Balaban J connectivity index is 1.58. The van der Waals surface area contributed by atoms with Crippen LogP contribution < -0.4 is 10.2 Å². The first-order valence-corrected chi connectivity index (χ1v) is 9.48. The number of phenolic OH excluding ortho intramolecular Hbond substituents is 1. The minimum atomic E-state index is -0.331. The summed E-state index contributed by atoms with van der Waals surface area (Å²) in [6.45, 7) is 1.81. The zero-order valence-corrected chi connectivity index (χ0v) is 15.8. The van der Waals surface area contributed by atoms with Gasteiger partial charge in [-0.3, -0.25) is 4.79 Å². The molecule has 0 aliphatic rings. The summed E-state index contributed by atoms with van der Waals surface area (Å²) in [6, 6.07) is 12.7. The van der Waals surface area contributed by atoms with Crippen molar-refractivity contribution in [3.05, 3.63) is 48.0 Å². The Morgan fingerprint density at radius 2 is 2.19 bits per heavy atom. The quantitative estimate of drug-likeness (QED) is 0.383. The highest BCUT2D eigenvalue weighted by Crippen LogP contribution is 2.31. The van der Waals surface area contributed by atoms with E-state index in [0.717, 1.165) is 14.6 Å². The van der Waals surface area contributed by atoms with Crippen LogP contribution in [0.1, 0.15) is 12.5 Å². The van der Waals surface area contributed by atoms with Gasteiger partial charge in [0.05, 0.1) is 28.8 Å². The van der Waals surface area contributed by atoms with E-state index >= 15 is 0 Å². The molecule has 1 amide bonds. The molecule has 8 heteroatoms. The zero-order valence-electron chi connectivity index (χ0n) is 14.2. The molecular weight excluding hydrogens is 370 g/mol. The molecule has 0 aliphatic heterocycles. The number of hydrazone groups is 1. The van der Waals surface area contributed by atoms with E-state index in [2.05, 4.69) is 15.5 Å². The molecule has 26 heavy (non-hydrogen) atoms. The Bertz CT molecular complexity index is 923. The zero-order chi connectivity index (χ0) is 18.5. The maximum atomic E-state index is 12.2. The first-order chi connectivity index (χ1) is 12.6. The number of aromatic hydroxyl groups is 1. The van der Waals surface area contributed by atoms with Crippen molar-refractivity contribution in [2.75, 3.05) is 7.11 Å². The number of nitrogens with one attached hydrogen (secondary N) is 1. The van der Waals surface area contributed by atoms with Crippen LogP contribution in [-0.2, 0) is 4.79 Å². The highest BCUT2D eigenvalue weighted by atomic mass is 32.2. The van der Waals surface area contributed by atoms with Gasteiger partial charge in [-0.25, -0.2) is 10.4 Å². The summed E-state index contributed by atoms with van der Waals surface area (Å²) in [4.78, 5) is 16.7. The lowest BCUT2D eigenvalue weighted by Crippen LogP contribution is -2.26. The van der Waals surface area contributed by atoms with E-state index in [9.17, 15) is 9.90 Å². The van der Waals surface area contributed by atoms with Gasteiger partial charge in [-0.15, -0.1) is 11.3 Å². The molecule has 0 radical (unpaired) electrons. The minimum Gasteiger partial charge on any atom is -0.504 e. The number of nitrogens with zero attached hydrogens (tertiary/aromatic N) is 2. The molecule has 3 rings (SSSR count). The number of carbonyl (C=O) groups excluding carboxylic acids is 1. The molecule has 1 aromatic heterocycles. The number of hydrogen-bond donors (Lipinski definition) is 2. The van der Waals surface area contributed by atoms with Gasteiger partial charge in [-0.2, -0.15) is 5.10 Å². The number of aromatic nitrogens is 1. The van der Waals surface area contributed by atoms with E-state index in [4.69, 9.17) is 4.74 Å². The van der Waals surface area contributed by atoms with Gasteiger partial charge in [0.2, 0.25) is 0 Å². The summed E-state index contributed by atoms with van der Waals surface area (Å²) in [6.07, 6.45) is 1.49. The molecule has 2 aromatic carbocycles. The van der Waals surface area contributed by atoms with Crippen molar-refractivity contribution >= 4 is 45.4 Å². The van der Waals surface area contributed by atoms with Crippen molar-refractivity contribution < 1.29 is 14.6 Å². The lowest BCUT2D eigenvalue weighted by atomic mass is 10.2. The van der Waals surface area contributed by atoms with Crippen LogP contribution in [0.3, 0.4) is 0 Å². The Morgan fingerprint density at radius 1 is 1.38 bits per heavy atom. The van der Waals surface area contributed by atoms with Crippen LogP contribution in [0.15, 0.2) is 51.9 Å². The van der Waals surface area contributed by atoms with Crippen LogP contribution in [0, 0.1) is 0 Å². The molecule has 1 heterocycles. The third-order valence-electron chi connectivity index (χ3n) is 3.51. The third kappa shape index (κ3) is 4.33. The molecule has 0 bridgehead atoms. The molecule has 0 saturated carbocycles. The van der Waals surface area contributed by atoms with Gasteiger partial charge in [0, 0.05) is 0 Å². The summed E-state index contributed by atoms with van der Waals surface area (Å²) in [5.41, 5.74) is 4.16. The standard InChI is InChI=1S/C18H17N3O3S2/c1-11(25-18-20-13-5-3-4-6-16(13)26-18)17(23)21-19-10-12-7-8-14(22)15(9-12)24-2/h3-11,22H,1-2H3,(H,21,23)/b19-10+. The van der Waals surface area contributed by atoms with Crippen LogP contribution in [0.2, 0.25) is 0 Å². The molecule has 6 nitrogen and oxygen atoms in total. The molecule has 2 N–H and O–H groups in total. The van der Waals surface area contributed by atoms with Gasteiger partial charge in [-0.05, 0) is 42.8 Å². The number of rotatable bonds is 6. The van der Waals surface area contributed by atoms with Crippen molar-refractivity contribution in [1.82, 2.24) is 10.4 Å². The molecule has 3 aromatic rings.